The molecular formula is C64H76ClN5O14S. The van der Waals surface area contributed by atoms with E-state index in [1.807, 2.05) is 61.5 Å². The fraction of sp³-hybridized carbons (Fsp3) is 0.453. The Balaban J connectivity index is 0.822. The third-order valence-electron chi connectivity index (χ3n) is 16.6. The molecule has 8 rings (SSSR count). The highest BCUT2D eigenvalue weighted by Crippen LogP contribution is 2.50. The second-order valence-corrected chi connectivity index (χ2v) is 24.1. The van der Waals surface area contributed by atoms with Crippen molar-refractivity contribution in [3.8, 4) is 16.9 Å². The maximum absolute atomic E-state index is 14.4. The Morgan fingerprint density at radius 2 is 1.65 bits per heavy atom. The Hall–Kier alpha value is -7.23. The molecule has 4 aliphatic rings. The molecule has 4 N–H and O–H groups in total. The van der Waals surface area contributed by atoms with Crippen LogP contribution >= 0.6 is 23.4 Å². The number of carbonyl (C=O) groups is 7. The predicted molar refractivity (Wildman–Crippen MR) is 323 cm³/mol. The quantitative estimate of drug-likeness (QED) is 0.0314. The molecule has 19 nitrogen and oxygen atoms in total. The van der Waals surface area contributed by atoms with Gasteiger partial charge in [-0.1, -0.05) is 110 Å². The van der Waals surface area contributed by atoms with Crippen LogP contribution in [0, 0.1) is 11.8 Å². The first-order valence-electron chi connectivity index (χ1n) is 28.4. The Bertz CT molecular complexity index is 3190. The first kappa shape index (κ1) is 63.8. The lowest BCUT2D eigenvalue weighted by Crippen LogP contribution is -2.63. The number of halogens is 1. The summed E-state index contributed by atoms with van der Waals surface area (Å²) in [6.45, 7) is 10.3. The van der Waals surface area contributed by atoms with Crippen molar-refractivity contribution in [3.05, 3.63) is 136 Å². The summed E-state index contributed by atoms with van der Waals surface area (Å²) >= 11 is 8.35. The number of esters is 1. The molecule has 1 aliphatic carbocycles. The highest BCUT2D eigenvalue weighted by Gasteiger charge is 2.64. The maximum Gasteiger partial charge on any atom is 0.409 e. The standard InChI is InChI=1S/C64H76ClN5O14S/c1-36-16-15-21-53(80-10)64(78)33-52(82-62(77)68-64)38(3)58-63(6,84-58)54(32-56(73)70(8)49-30-42(28-36)31-51(79-9)57(49)65)83-60(75)40(5)69(7)55(72)26-27-85-35-41-22-24-43(25-23-41)67-59(74)37(2)29-50(71)39(4)66-61(76)81-34-48-46-19-13-11-17-44(46)45-18-12-14-20-47(45)48/h11-25,30-31,37-40,48,52-54,58,78H,26-29,32-35H2,1-10H3,(H,66,76)(H,67,74)(H,68,77)/b21-15+,36-16+. The van der Waals surface area contributed by atoms with E-state index in [0.717, 1.165) is 39.0 Å². The summed E-state index contributed by atoms with van der Waals surface area (Å²) in [6, 6.07) is 24.9. The fourth-order valence-electron chi connectivity index (χ4n) is 11.2. The summed E-state index contributed by atoms with van der Waals surface area (Å²) in [5, 5.41) is 20.1. The second-order valence-electron chi connectivity index (χ2n) is 22.7. The topological polar surface area (TPSA) is 241 Å². The minimum atomic E-state index is -1.87. The van der Waals surface area contributed by atoms with Crippen molar-refractivity contribution < 1.29 is 67.1 Å². The Morgan fingerprint density at radius 3 is 2.31 bits per heavy atom. The van der Waals surface area contributed by atoms with Gasteiger partial charge in [-0.05, 0) is 91.8 Å². The van der Waals surface area contributed by atoms with Gasteiger partial charge in [-0.2, -0.15) is 11.8 Å². The molecule has 4 aromatic rings. The molecular weight excluding hydrogens is 1130 g/mol. The number of nitrogens with one attached hydrogen (secondary N) is 3. The lowest BCUT2D eigenvalue weighted by Gasteiger charge is -2.42. The molecule has 4 aromatic carbocycles. The summed E-state index contributed by atoms with van der Waals surface area (Å²) in [7, 11) is 5.97. The van der Waals surface area contributed by atoms with Gasteiger partial charge in [0.1, 0.15) is 47.3 Å². The highest BCUT2D eigenvalue weighted by molar-refractivity contribution is 7.98. The molecule has 0 saturated carbocycles. The molecule has 0 spiro atoms. The predicted octanol–water partition coefficient (Wildman–Crippen LogP) is 9.30. The van der Waals surface area contributed by atoms with Gasteiger partial charge in [0.2, 0.25) is 17.7 Å². The number of allylic oxidation sites excluding steroid dienone is 3. The number of thioether (sulfide) groups is 1. The molecule has 85 heavy (non-hydrogen) atoms. The maximum atomic E-state index is 14.4. The van der Waals surface area contributed by atoms with Crippen LogP contribution < -0.4 is 25.6 Å². The highest BCUT2D eigenvalue weighted by atomic mass is 35.5. The molecule has 0 aromatic heterocycles. The largest absolute Gasteiger partial charge is 0.495 e. The van der Waals surface area contributed by atoms with Gasteiger partial charge in [-0.25, -0.2) is 14.4 Å². The molecule has 21 heteroatoms. The van der Waals surface area contributed by atoms with Crippen LogP contribution in [0.1, 0.15) is 95.4 Å². The van der Waals surface area contributed by atoms with E-state index in [9.17, 15) is 38.7 Å². The monoisotopic (exact) mass is 1210 g/mol. The number of ether oxygens (including phenoxy) is 6. The summed E-state index contributed by atoms with van der Waals surface area (Å²) in [4.78, 5) is 97.1. The summed E-state index contributed by atoms with van der Waals surface area (Å²) < 4.78 is 35.2. The van der Waals surface area contributed by atoms with Gasteiger partial charge in [-0.3, -0.25) is 24.5 Å². The van der Waals surface area contributed by atoms with Crippen LogP contribution in [-0.4, -0.2) is 140 Å². The van der Waals surface area contributed by atoms with Crippen molar-refractivity contribution in [3.63, 3.8) is 0 Å². The van der Waals surface area contributed by atoms with Crippen LogP contribution in [0.4, 0.5) is 21.0 Å². The number of carbonyl (C=O) groups excluding carboxylic acids is 7. The van der Waals surface area contributed by atoms with Gasteiger partial charge < -0.3 is 54.0 Å². The molecule has 10 unspecified atom stereocenters. The number of anilines is 2. The van der Waals surface area contributed by atoms with Gasteiger partial charge in [0, 0.05) is 75.4 Å². The zero-order valence-corrected chi connectivity index (χ0v) is 51.2. The molecule has 3 heterocycles. The molecule has 0 radical (unpaired) electrons. The van der Waals surface area contributed by atoms with Gasteiger partial charge in [-0.15, -0.1) is 0 Å². The van der Waals surface area contributed by atoms with E-state index in [1.54, 1.807) is 71.2 Å². The first-order chi connectivity index (χ1) is 40.4. The number of benzene rings is 4. The van der Waals surface area contributed by atoms with E-state index in [2.05, 4.69) is 28.1 Å². The van der Waals surface area contributed by atoms with E-state index in [0.29, 0.717) is 35.1 Å². The number of fused-ring (bicyclic) bond motifs is 8. The number of ketones is 1. The number of methoxy groups -OCH3 is 2. The van der Waals surface area contributed by atoms with Gasteiger partial charge in [0.15, 0.2) is 11.5 Å². The fourth-order valence-corrected chi connectivity index (χ4v) is 12.4. The van der Waals surface area contributed by atoms with Crippen LogP contribution in [-0.2, 0) is 59.8 Å². The van der Waals surface area contributed by atoms with E-state index < -0.39 is 83.7 Å². The number of aliphatic hydroxyl groups is 1. The number of rotatable bonds is 18. The third-order valence-corrected chi connectivity index (χ3v) is 18.0. The van der Waals surface area contributed by atoms with Crippen molar-refractivity contribution >= 4 is 76.4 Å². The van der Waals surface area contributed by atoms with Crippen molar-refractivity contribution in [1.82, 2.24) is 15.5 Å². The van der Waals surface area contributed by atoms with Gasteiger partial charge in [0.05, 0.1) is 31.4 Å². The van der Waals surface area contributed by atoms with E-state index in [-0.39, 0.29) is 60.8 Å². The van der Waals surface area contributed by atoms with Crippen LogP contribution in [0.15, 0.2) is 109 Å². The number of Topliss-reactive ketones (excluding diaryl/α,β-unsaturated/α-hetero) is 1. The van der Waals surface area contributed by atoms with Crippen LogP contribution in [0.5, 0.6) is 5.75 Å². The zero-order chi connectivity index (χ0) is 61.5. The minimum absolute atomic E-state index is 0.0893. The van der Waals surface area contributed by atoms with Crippen LogP contribution in [0.2, 0.25) is 5.02 Å². The Morgan fingerprint density at radius 1 is 0.976 bits per heavy atom. The van der Waals surface area contributed by atoms with E-state index in [4.69, 9.17) is 40.0 Å². The second kappa shape index (κ2) is 27.4. The summed E-state index contributed by atoms with van der Waals surface area (Å²) in [5.41, 5.74) is 4.72. The summed E-state index contributed by atoms with van der Waals surface area (Å²) in [6.07, 6.45) is -0.194. The minimum Gasteiger partial charge on any atom is -0.495 e. The smallest absolute Gasteiger partial charge is 0.409 e. The zero-order valence-electron chi connectivity index (χ0n) is 49.6. The van der Waals surface area contributed by atoms with Crippen LogP contribution in [0.25, 0.3) is 11.1 Å². The van der Waals surface area contributed by atoms with Gasteiger partial charge >= 0.3 is 18.2 Å². The average molecular weight is 1210 g/mol. The number of epoxide rings is 1. The number of nitrogens with zero attached hydrogens (tertiary/aromatic N) is 2. The molecule has 4 bridgehead atoms. The van der Waals surface area contributed by atoms with E-state index in [1.165, 1.54) is 49.8 Å². The van der Waals surface area contributed by atoms with E-state index >= 15 is 0 Å². The first-order valence-corrected chi connectivity index (χ1v) is 29.9. The number of hydrogen-bond acceptors (Lipinski definition) is 15. The van der Waals surface area contributed by atoms with Crippen molar-refractivity contribution in [2.45, 2.75) is 133 Å². The number of amides is 5. The lowest BCUT2D eigenvalue weighted by atomic mass is 9.83. The SMILES string of the molecule is COc1cc2cc(c1Cl)N(C)C(=O)CC(OC(=O)C(C)N(C)C(=O)CCSCc1ccc(NC(=O)C(C)CC(=O)C(C)NC(=O)OCC3c4ccccc4-c4ccccc43)cc1)C1(C)OC1C(C)C1CC(O)(NC(=O)O1)C(OC)/C=C/C=C(\C)C2. The van der Waals surface area contributed by atoms with Crippen molar-refractivity contribution in [1.29, 1.82) is 0 Å². The molecule has 3 aliphatic heterocycles. The number of alkyl carbamates (subject to hydrolysis) is 2. The normalized spacial score (nSPS) is 24.9. The Kier molecular flexibility index (Phi) is 20.6. The van der Waals surface area contributed by atoms with Crippen molar-refractivity contribution in [2.24, 2.45) is 11.8 Å². The molecule has 10 atom stereocenters. The Labute approximate surface area is 505 Å². The molecule has 454 valence electrons. The number of hydrogen-bond donors (Lipinski definition) is 4. The molecule has 2 saturated heterocycles. The lowest BCUT2D eigenvalue weighted by molar-refractivity contribution is -0.162. The number of likely N-dealkylation sites (N-methyl/N-ethyl adjacent to an activating group) is 1. The summed E-state index contributed by atoms with van der Waals surface area (Å²) in [5.74, 6) is -2.34. The van der Waals surface area contributed by atoms with Gasteiger partial charge in [0.25, 0.3) is 0 Å². The molecule has 2 fully saturated rings. The third kappa shape index (κ3) is 14.9. The van der Waals surface area contributed by atoms with Crippen molar-refractivity contribution in [2.75, 3.05) is 50.9 Å². The van der Waals surface area contributed by atoms with Crippen LogP contribution in [0.3, 0.4) is 0 Å². The molecule has 5 amide bonds. The average Bonchev–Trinajstić information content (AvgIpc) is 1.99.